The summed E-state index contributed by atoms with van der Waals surface area (Å²) in [5, 5.41) is 0. The van der Waals surface area contributed by atoms with Crippen molar-refractivity contribution in [2.75, 3.05) is 6.66 Å². The highest BCUT2D eigenvalue weighted by atomic mass is 31.2. The first-order valence-electron chi connectivity index (χ1n) is 7.27. The first kappa shape index (κ1) is 13.2. The van der Waals surface area contributed by atoms with Gasteiger partial charge in [0.15, 0.2) is 5.94 Å². The fraction of sp³-hybridized carbons (Fsp3) is 0.867. The van der Waals surface area contributed by atoms with Crippen LogP contribution in [-0.2, 0) is 4.79 Å². The molecule has 0 spiro atoms. The van der Waals surface area contributed by atoms with Crippen LogP contribution in [0.25, 0.3) is 0 Å². The van der Waals surface area contributed by atoms with Crippen LogP contribution >= 0.6 is 6.89 Å². The predicted octanol–water partition coefficient (Wildman–Crippen LogP) is 4.09. The Kier molecular flexibility index (Phi) is 4.75. The molecule has 0 N–H and O–H groups in total. The van der Waals surface area contributed by atoms with Gasteiger partial charge in [-0.3, -0.25) is 0 Å². The minimum atomic E-state index is -1.29. The molecule has 0 aliphatic heterocycles. The topological polar surface area (TPSA) is 17.1 Å². The molecule has 0 atom stereocenters. The van der Waals surface area contributed by atoms with Crippen LogP contribution in [0.5, 0.6) is 0 Å². The summed E-state index contributed by atoms with van der Waals surface area (Å²) in [5.74, 6) is 2.05. The van der Waals surface area contributed by atoms with Gasteiger partial charge in [0.05, 0.1) is 0 Å². The molecule has 0 aromatic carbocycles. The second-order valence-electron chi connectivity index (χ2n) is 5.94. The first-order chi connectivity index (χ1) is 8.27. The zero-order valence-electron chi connectivity index (χ0n) is 11.1. The molecule has 0 heterocycles. The van der Waals surface area contributed by atoms with Crippen molar-refractivity contribution in [3.8, 4) is 0 Å². The summed E-state index contributed by atoms with van der Waals surface area (Å²) in [4.78, 5) is 10.9. The third-order valence-electron chi connectivity index (χ3n) is 4.95. The molecular formula is C15H25OP. The number of hydrogen-bond donors (Lipinski definition) is 0. The Balaban J connectivity index is 2.24. The van der Waals surface area contributed by atoms with Crippen molar-refractivity contribution < 1.29 is 4.79 Å². The summed E-state index contributed by atoms with van der Waals surface area (Å²) in [6, 6.07) is 0. The van der Waals surface area contributed by atoms with Crippen LogP contribution in [0, 0.1) is 0 Å². The van der Waals surface area contributed by atoms with Crippen LogP contribution in [0.4, 0.5) is 0 Å². The molecule has 1 nitrogen and oxygen atoms in total. The van der Waals surface area contributed by atoms with Crippen molar-refractivity contribution in [2.45, 2.75) is 75.5 Å². The highest BCUT2D eigenvalue weighted by Crippen LogP contribution is 2.59. The van der Waals surface area contributed by atoms with E-state index in [2.05, 4.69) is 18.1 Å². The van der Waals surface area contributed by atoms with Crippen LogP contribution in [0.15, 0.2) is 0 Å². The highest BCUT2D eigenvalue weighted by Gasteiger charge is 2.33. The Labute approximate surface area is 106 Å². The van der Waals surface area contributed by atoms with E-state index >= 15 is 0 Å². The van der Waals surface area contributed by atoms with E-state index in [9.17, 15) is 4.79 Å². The zero-order chi connectivity index (χ0) is 12.1. The largest absolute Gasteiger partial charge is 0.224 e. The molecule has 0 unspecified atom stereocenters. The molecule has 2 fully saturated rings. The van der Waals surface area contributed by atoms with Gasteiger partial charge in [-0.15, -0.1) is 0 Å². The molecule has 17 heavy (non-hydrogen) atoms. The lowest BCUT2D eigenvalue weighted by atomic mass is 9.99. The van der Waals surface area contributed by atoms with Crippen molar-refractivity contribution in [1.82, 2.24) is 0 Å². The molecule has 0 aromatic rings. The predicted molar refractivity (Wildman–Crippen MR) is 77.3 cm³/mol. The molecule has 0 bridgehead atoms. The minimum absolute atomic E-state index is 0.792. The molecule has 0 aromatic heterocycles. The molecule has 2 aliphatic carbocycles. The van der Waals surface area contributed by atoms with Gasteiger partial charge in [0.25, 0.3) is 0 Å². The average molecular weight is 252 g/mol. The van der Waals surface area contributed by atoms with Crippen molar-refractivity contribution in [2.24, 2.45) is 0 Å². The number of carbonyl (C=O) groups excluding carboxylic acids is 1. The van der Waals surface area contributed by atoms with Crippen molar-refractivity contribution in [3.05, 3.63) is 0 Å². The summed E-state index contributed by atoms with van der Waals surface area (Å²) in [5.41, 5.74) is 4.79. The molecule has 2 saturated carbocycles. The third-order valence-corrected chi connectivity index (χ3v) is 9.59. The fourth-order valence-electron chi connectivity index (χ4n) is 3.81. The van der Waals surface area contributed by atoms with E-state index < -0.39 is 6.89 Å². The van der Waals surface area contributed by atoms with E-state index in [0.717, 1.165) is 11.3 Å². The summed E-state index contributed by atoms with van der Waals surface area (Å²) < 4.78 is 0. The van der Waals surface area contributed by atoms with Gasteiger partial charge in [-0.2, -0.15) is 0 Å². The van der Waals surface area contributed by atoms with Gasteiger partial charge in [0.1, 0.15) is 0 Å². The van der Waals surface area contributed by atoms with Gasteiger partial charge in [-0.05, 0) is 56.0 Å². The standard InChI is InChI=1S/C15H25OP/c1-17(13-12-16,14-8-4-2-5-9-14)15-10-6-3-7-11-15/h14-15H,2-11H2,1H3. The molecule has 2 aliphatic rings. The van der Waals surface area contributed by atoms with E-state index in [-0.39, 0.29) is 0 Å². The normalized spacial score (nSPS) is 24.1. The summed E-state index contributed by atoms with van der Waals surface area (Å²) in [6.07, 6.45) is 13.6. The first-order valence-corrected chi connectivity index (χ1v) is 9.65. The second kappa shape index (κ2) is 6.10. The summed E-state index contributed by atoms with van der Waals surface area (Å²) in [7, 11) is 0. The maximum Gasteiger partial charge on any atom is 0.176 e. The van der Waals surface area contributed by atoms with Gasteiger partial charge in [0.2, 0.25) is 0 Å². The lowest BCUT2D eigenvalue weighted by molar-refractivity contribution is 0.484. The maximum atomic E-state index is 10.9. The molecule has 2 heteroatoms. The van der Waals surface area contributed by atoms with Crippen molar-refractivity contribution in [1.29, 1.82) is 0 Å². The Hall–Kier alpha value is -0.210. The van der Waals surface area contributed by atoms with Crippen LogP contribution in [0.3, 0.4) is 0 Å². The van der Waals surface area contributed by atoms with Crippen LogP contribution in [0.1, 0.15) is 64.2 Å². The molecule has 0 saturated heterocycles. The smallest absolute Gasteiger partial charge is 0.176 e. The Morgan fingerprint density at radius 3 is 1.59 bits per heavy atom. The lowest BCUT2D eigenvalue weighted by Crippen LogP contribution is -2.23. The Morgan fingerprint density at radius 2 is 1.24 bits per heavy atom. The number of hydrogen-bond acceptors (Lipinski definition) is 1. The second-order valence-corrected chi connectivity index (χ2v) is 9.92. The fourth-order valence-corrected chi connectivity index (χ4v) is 7.85. The van der Waals surface area contributed by atoms with E-state index in [1.807, 2.05) is 0 Å². The molecule has 0 amide bonds. The van der Waals surface area contributed by atoms with Gasteiger partial charge in [-0.25, -0.2) is 4.79 Å². The summed E-state index contributed by atoms with van der Waals surface area (Å²) >= 11 is 0. The van der Waals surface area contributed by atoms with Gasteiger partial charge in [-0.1, -0.05) is 38.5 Å². The highest BCUT2D eigenvalue weighted by molar-refractivity contribution is 7.75. The van der Waals surface area contributed by atoms with E-state index in [1.54, 1.807) is 0 Å². The summed E-state index contributed by atoms with van der Waals surface area (Å²) in [6.45, 7) is 1.10. The Bertz CT molecular complexity index is 327. The van der Waals surface area contributed by atoms with Gasteiger partial charge >= 0.3 is 0 Å². The monoisotopic (exact) mass is 252 g/mol. The van der Waals surface area contributed by atoms with Gasteiger partial charge in [0, 0.05) is 0 Å². The lowest BCUT2D eigenvalue weighted by Gasteiger charge is -2.39. The quantitative estimate of drug-likeness (QED) is 0.534. The number of rotatable bonds is 2. The molecular weight excluding hydrogens is 227 g/mol. The van der Waals surface area contributed by atoms with E-state index in [4.69, 9.17) is 0 Å². The average Bonchev–Trinajstić information content (AvgIpc) is 2.41. The Morgan fingerprint density at radius 1 is 0.824 bits per heavy atom. The van der Waals surface area contributed by atoms with E-state index in [1.165, 1.54) is 64.2 Å². The van der Waals surface area contributed by atoms with Crippen molar-refractivity contribution >= 4 is 18.3 Å². The third kappa shape index (κ3) is 2.97. The SMILES string of the molecule is CP(=C=C=O)(C1CCCCC1)C1CCCCC1. The zero-order valence-corrected chi connectivity index (χ0v) is 12.0. The van der Waals surface area contributed by atoms with E-state index in [0.29, 0.717) is 0 Å². The minimum Gasteiger partial charge on any atom is -0.224 e. The van der Waals surface area contributed by atoms with Crippen LogP contribution < -0.4 is 0 Å². The molecule has 96 valence electrons. The van der Waals surface area contributed by atoms with Crippen molar-refractivity contribution in [3.63, 3.8) is 0 Å². The molecule has 0 radical (unpaired) electrons. The van der Waals surface area contributed by atoms with Gasteiger partial charge < -0.3 is 0 Å². The molecule has 2 rings (SSSR count). The van der Waals surface area contributed by atoms with Crippen LogP contribution in [0.2, 0.25) is 0 Å². The van der Waals surface area contributed by atoms with Crippen LogP contribution in [-0.4, -0.2) is 29.4 Å². The maximum absolute atomic E-state index is 10.9.